The fourth-order valence-electron chi connectivity index (χ4n) is 2.21. The second kappa shape index (κ2) is 4.95. The third kappa shape index (κ3) is 2.31. The number of hydrogen-bond donors (Lipinski definition) is 1. The second-order valence-electron chi connectivity index (χ2n) is 4.58. The molecule has 0 aliphatic heterocycles. The smallest absolute Gasteiger partial charge is 0.339 e. The molecule has 0 fully saturated rings. The molecule has 0 saturated heterocycles. The third-order valence-electron chi connectivity index (χ3n) is 3.12. The van der Waals surface area contributed by atoms with E-state index in [9.17, 15) is 13.2 Å². The molecule has 1 aromatic carbocycles. The van der Waals surface area contributed by atoms with Crippen molar-refractivity contribution in [2.45, 2.75) is 16.4 Å². The summed E-state index contributed by atoms with van der Waals surface area (Å²) in [5.74, 6) is -1.08. The summed E-state index contributed by atoms with van der Waals surface area (Å²) in [6.07, 6.45) is -1.45. The van der Waals surface area contributed by atoms with Crippen LogP contribution >= 0.6 is 11.8 Å². The van der Waals surface area contributed by atoms with Gasteiger partial charge in [-0.1, -0.05) is 12.1 Å². The molecule has 6 nitrogen and oxygen atoms in total. The summed E-state index contributed by atoms with van der Waals surface area (Å²) in [5.41, 5.74) is 0.750. The van der Waals surface area contributed by atoms with E-state index in [2.05, 4.69) is 25.1 Å². The molecule has 0 aliphatic rings. The molecular weight excluding hydrogens is 329 g/mol. The highest BCUT2D eigenvalue weighted by Gasteiger charge is 2.38. The van der Waals surface area contributed by atoms with E-state index in [-0.39, 0.29) is 5.65 Å². The molecule has 0 unspecified atom stereocenters. The van der Waals surface area contributed by atoms with Crippen LogP contribution in [-0.4, -0.2) is 29.5 Å². The summed E-state index contributed by atoms with van der Waals surface area (Å²) in [6.45, 7) is 0. The molecule has 1 N–H and O–H groups in total. The van der Waals surface area contributed by atoms with E-state index in [4.69, 9.17) is 0 Å². The maximum Gasteiger partial charge on any atom is 0.452 e. The van der Waals surface area contributed by atoms with Crippen LogP contribution in [0.4, 0.5) is 13.2 Å². The van der Waals surface area contributed by atoms with Crippen molar-refractivity contribution in [1.29, 1.82) is 0 Å². The lowest BCUT2D eigenvalue weighted by Gasteiger charge is -2.08. The Morgan fingerprint density at radius 2 is 1.96 bits per heavy atom. The van der Waals surface area contributed by atoms with E-state index in [1.54, 1.807) is 36.7 Å². The van der Waals surface area contributed by atoms with E-state index < -0.39 is 12.0 Å². The van der Waals surface area contributed by atoms with Gasteiger partial charge < -0.3 is 4.98 Å². The number of imidazole rings is 1. The van der Waals surface area contributed by atoms with Gasteiger partial charge in [0.05, 0.1) is 11.0 Å². The Balaban J connectivity index is 2.05. The Morgan fingerprint density at radius 1 is 1.13 bits per heavy atom. The number of aromatic nitrogens is 6. The van der Waals surface area contributed by atoms with Crippen molar-refractivity contribution in [3.05, 3.63) is 42.5 Å². The van der Waals surface area contributed by atoms with Crippen LogP contribution in [0.3, 0.4) is 0 Å². The predicted molar refractivity (Wildman–Crippen MR) is 76.0 cm³/mol. The maximum absolute atomic E-state index is 13.2. The van der Waals surface area contributed by atoms with Gasteiger partial charge in [-0.3, -0.25) is 4.40 Å². The zero-order chi connectivity index (χ0) is 16.0. The number of aromatic amines is 1. The average molecular weight is 336 g/mol. The van der Waals surface area contributed by atoms with Gasteiger partial charge in [-0.25, -0.2) is 9.97 Å². The Hall–Kier alpha value is -2.62. The van der Waals surface area contributed by atoms with Crippen molar-refractivity contribution >= 4 is 28.4 Å². The van der Waals surface area contributed by atoms with Crippen LogP contribution in [0.15, 0.2) is 46.8 Å². The maximum atomic E-state index is 13.2. The molecule has 10 heteroatoms. The van der Waals surface area contributed by atoms with Gasteiger partial charge in [0.25, 0.3) is 0 Å². The highest BCUT2D eigenvalue weighted by atomic mass is 32.2. The first kappa shape index (κ1) is 14.0. The fourth-order valence-corrected chi connectivity index (χ4v) is 3.00. The largest absolute Gasteiger partial charge is 0.452 e. The minimum absolute atomic E-state index is 0.0393. The standard InChI is InChI=1S/C13H7F3N6S/c14-13(15,16)11-21-20-9-10(23-12-17-5-6-18-12)19-7-3-1-2-4-8(7)22(9)11/h1-6H,(H,17,18). The van der Waals surface area contributed by atoms with Crippen LogP contribution in [0.2, 0.25) is 0 Å². The SMILES string of the molecule is FC(F)(F)c1nnc2c(Sc3ncc[nH]3)nc3ccccc3n12. The van der Waals surface area contributed by atoms with Gasteiger partial charge >= 0.3 is 6.18 Å². The van der Waals surface area contributed by atoms with Crippen molar-refractivity contribution in [1.82, 2.24) is 29.5 Å². The van der Waals surface area contributed by atoms with E-state index >= 15 is 0 Å². The molecule has 0 atom stereocenters. The molecule has 23 heavy (non-hydrogen) atoms. The number of alkyl halides is 3. The molecule has 0 radical (unpaired) electrons. The number of nitrogens with zero attached hydrogens (tertiary/aromatic N) is 5. The number of fused-ring (bicyclic) bond motifs is 3. The first-order chi connectivity index (χ1) is 11.0. The monoisotopic (exact) mass is 336 g/mol. The number of nitrogens with one attached hydrogen (secondary N) is 1. The Kier molecular flexibility index (Phi) is 3.01. The molecular formula is C13H7F3N6S. The molecule has 0 amide bonds. The van der Waals surface area contributed by atoms with Crippen LogP contribution in [-0.2, 0) is 6.18 Å². The number of halogens is 3. The molecule has 0 bridgehead atoms. The lowest BCUT2D eigenvalue weighted by molar-refractivity contribution is -0.145. The number of H-pyrrole nitrogens is 1. The van der Waals surface area contributed by atoms with Gasteiger partial charge in [0.2, 0.25) is 5.82 Å². The van der Waals surface area contributed by atoms with Gasteiger partial charge in [0.1, 0.15) is 5.03 Å². The summed E-state index contributed by atoms with van der Waals surface area (Å²) in [6, 6.07) is 6.54. The van der Waals surface area contributed by atoms with E-state index in [0.29, 0.717) is 21.2 Å². The average Bonchev–Trinajstić information content (AvgIpc) is 3.15. The van der Waals surface area contributed by atoms with E-state index in [1.165, 1.54) is 0 Å². The second-order valence-corrected chi connectivity index (χ2v) is 5.56. The summed E-state index contributed by atoms with van der Waals surface area (Å²) in [5, 5.41) is 7.79. The number of benzene rings is 1. The lowest BCUT2D eigenvalue weighted by Crippen LogP contribution is -2.11. The lowest BCUT2D eigenvalue weighted by atomic mass is 10.3. The molecule has 4 rings (SSSR count). The van der Waals surface area contributed by atoms with Crippen molar-refractivity contribution < 1.29 is 13.2 Å². The molecule has 0 saturated carbocycles. The normalized spacial score (nSPS) is 12.3. The summed E-state index contributed by atoms with van der Waals surface area (Å²) in [7, 11) is 0. The van der Waals surface area contributed by atoms with Gasteiger partial charge in [0, 0.05) is 12.4 Å². The molecule has 3 aromatic heterocycles. The van der Waals surface area contributed by atoms with Crippen LogP contribution in [0, 0.1) is 0 Å². The first-order valence-electron chi connectivity index (χ1n) is 6.42. The number of para-hydroxylation sites is 2. The highest BCUT2D eigenvalue weighted by molar-refractivity contribution is 7.99. The first-order valence-corrected chi connectivity index (χ1v) is 7.24. The zero-order valence-electron chi connectivity index (χ0n) is 11.2. The Morgan fingerprint density at radius 3 is 2.70 bits per heavy atom. The van der Waals surface area contributed by atoms with Crippen molar-refractivity contribution in [3.63, 3.8) is 0 Å². The molecule has 116 valence electrons. The van der Waals surface area contributed by atoms with E-state index in [1.807, 2.05) is 0 Å². The van der Waals surface area contributed by atoms with Crippen LogP contribution in [0.1, 0.15) is 5.82 Å². The quantitative estimate of drug-likeness (QED) is 0.609. The highest BCUT2D eigenvalue weighted by Crippen LogP contribution is 2.34. The molecule has 4 aromatic rings. The Labute approximate surface area is 130 Å². The zero-order valence-corrected chi connectivity index (χ0v) is 12.1. The number of rotatable bonds is 2. The minimum Gasteiger partial charge on any atom is -0.339 e. The van der Waals surface area contributed by atoms with Gasteiger partial charge in [-0.2, -0.15) is 13.2 Å². The van der Waals surface area contributed by atoms with Crippen molar-refractivity contribution in [2.75, 3.05) is 0 Å². The van der Waals surface area contributed by atoms with Crippen molar-refractivity contribution in [3.8, 4) is 0 Å². The third-order valence-corrected chi connectivity index (χ3v) is 4.00. The van der Waals surface area contributed by atoms with Gasteiger partial charge in [0.15, 0.2) is 10.8 Å². The van der Waals surface area contributed by atoms with Crippen LogP contribution in [0.5, 0.6) is 0 Å². The van der Waals surface area contributed by atoms with Crippen LogP contribution in [0.25, 0.3) is 16.7 Å². The summed E-state index contributed by atoms with van der Waals surface area (Å²) in [4.78, 5) is 11.3. The van der Waals surface area contributed by atoms with Gasteiger partial charge in [-0.15, -0.1) is 10.2 Å². The molecule has 3 heterocycles. The predicted octanol–water partition coefficient (Wildman–Crippen LogP) is 3.17. The summed E-state index contributed by atoms with van der Waals surface area (Å²) >= 11 is 1.09. The summed E-state index contributed by atoms with van der Waals surface area (Å²) < 4.78 is 40.6. The topological polar surface area (TPSA) is 71.8 Å². The molecule has 0 aliphatic carbocycles. The molecule has 0 spiro atoms. The minimum atomic E-state index is -4.61. The fraction of sp³-hybridized carbons (Fsp3) is 0.0769. The Bertz CT molecular complexity index is 992. The van der Waals surface area contributed by atoms with Gasteiger partial charge in [-0.05, 0) is 23.9 Å². The number of hydrogen-bond acceptors (Lipinski definition) is 5. The van der Waals surface area contributed by atoms with Crippen LogP contribution < -0.4 is 0 Å². The van der Waals surface area contributed by atoms with Crippen molar-refractivity contribution in [2.24, 2.45) is 0 Å². The van der Waals surface area contributed by atoms with E-state index in [0.717, 1.165) is 16.2 Å².